The van der Waals surface area contributed by atoms with Gasteiger partial charge in [0.1, 0.15) is 11.5 Å². The molecule has 0 unspecified atom stereocenters. The molecular formula is C20H15ClN2O4. The standard InChI is InChI=1S/C20H15ClN2O4/c1-26-20(25)17-5-3-2-4-16(17)18-11-10-15(27-18)12-22-23-19(24)13-6-8-14(21)9-7-13/h2-12H,1H3,(H,23,24)/b22-12-. The van der Waals surface area contributed by atoms with Crippen LogP contribution in [0.1, 0.15) is 26.5 Å². The highest BCUT2D eigenvalue weighted by Crippen LogP contribution is 2.26. The van der Waals surface area contributed by atoms with Gasteiger partial charge in [0.05, 0.1) is 18.9 Å². The lowest BCUT2D eigenvalue weighted by atomic mass is 10.1. The molecule has 3 rings (SSSR count). The molecule has 1 N–H and O–H groups in total. The van der Waals surface area contributed by atoms with Crippen LogP contribution in [0.2, 0.25) is 5.02 Å². The molecule has 0 saturated heterocycles. The average Bonchev–Trinajstić information content (AvgIpc) is 3.16. The molecular weight excluding hydrogens is 368 g/mol. The molecule has 0 spiro atoms. The second-order valence-corrected chi connectivity index (χ2v) is 5.88. The summed E-state index contributed by atoms with van der Waals surface area (Å²) in [4.78, 5) is 23.8. The number of rotatable bonds is 5. The van der Waals surface area contributed by atoms with Gasteiger partial charge < -0.3 is 9.15 Å². The molecule has 0 aliphatic heterocycles. The van der Waals surface area contributed by atoms with E-state index < -0.39 is 5.97 Å². The third-order valence-electron chi connectivity index (χ3n) is 3.69. The van der Waals surface area contributed by atoms with Crippen molar-refractivity contribution in [3.8, 4) is 11.3 Å². The highest BCUT2D eigenvalue weighted by atomic mass is 35.5. The Labute approximate surface area is 160 Å². The summed E-state index contributed by atoms with van der Waals surface area (Å²) < 4.78 is 10.5. The number of hydrogen-bond donors (Lipinski definition) is 1. The molecule has 0 atom stereocenters. The van der Waals surface area contributed by atoms with Crippen LogP contribution >= 0.6 is 11.6 Å². The Hall–Kier alpha value is -3.38. The zero-order valence-corrected chi connectivity index (χ0v) is 15.1. The summed E-state index contributed by atoms with van der Waals surface area (Å²) in [5, 5.41) is 4.42. The summed E-state index contributed by atoms with van der Waals surface area (Å²) in [5.41, 5.74) is 3.84. The van der Waals surface area contributed by atoms with Crippen LogP contribution in [-0.4, -0.2) is 25.2 Å². The number of furan rings is 1. The van der Waals surface area contributed by atoms with Crippen molar-refractivity contribution in [1.29, 1.82) is 0 Å². The number of hydrogen-bond acceptors (Lipinski definition) is 5. The smallest absolute Gasteiger partial charge is 0.338 e. The summed E-state index contributed by atoms with van der Waals surface area (Å²) in [6.07, 6.45) is 1.37. The molecule has 0 saturated carbocycles. The van der Waals surface area contributed by atoms with Gasteiger partial charge in [0, 0.05) is 16.1 Å². The van der Waals surface area contributed by atoms with Crippen LogP contribution < -0.4 is 5.43 Å². The maximum absolute atomic E-state index is 12.0. The SMILES string of the molecule is COC(=O)c1ccccc1-c1ccc(/C=N\NC(=O)c2ccc(Cl)cc2)o1. The molecule has 136 valence electrons. The summed E-state index contributed by atoms with van der Waals surface area (Å²) in [6.45, 7) is 0. The maximum atomic E-state index is 12.0. The average molecular weight is 383 g/mol. The Morgan fingerprint density at radius 2 is 1.81 bits per heavy atom. The van der Waals surface area contributed by atoms with Crippen LogP contribution in [0.4, 0.5) is 0 Å². The lowest BCUT2D eigenvalue weighted by Gasteiger charge is -2.04. The molecule has 1 heterocycles. The highest BCUT2D eigenvalue weighted by Gasteiger charge is 2.15. The van der Waals surface area contributed by atoms with Gasteiger partial charge in [-0.3, -0.25) is 4.79 Å². The number of ether oxygens (including phenoxy) is 1. The van der Waals surface area contributed by atoms with E-state index >= 15 is 0 Å². The normalized spacial score (nSPS) is 10.7. The Morgan fingerprint density at radius 1 is 1.07 bits per heavy atom. The minimum absolute atomic E-state index is 0.370. The first-order chi connectivity index (χ1) is 13.1. The van der Waals surface area contributed by atoms with E-state index in [0.29, 0.717) is 33.2 Å². The first-order valence-corrected chi connectivity index (χ1v) is 8.33. The number of methoxy groups -OCH3 is 1. The van der Waals surface area contributed by atoms with Gasteiger partial charge in [-0.1, -0.05) is 29.8 Å². The number of carbonyl (C=O) groups is 2. The van der Waals surface area contributed by atoms with Crippen molar-refractivity contribution in [3.05, 3.63) is 82.6 Å². The molecule has 0 bridgehead atoms. The van der Waals surface area contributed by atoms with E-state index in [1.807, 2.05) is 0 Å². The van der Waals surface area contributed by atoms with Crippen molar-refractivity contribution < 1.29 is 18.7 Å². The number of carbonyl (C=O) groups excluding carboxylic acids is 2. The first kappa shape index (κ1) is 18.4. The van der Waals surface area contributed by atoms with Gasteiger partial charge in [0.25, 0.3) is 5.91 Å². The fraction of sp³-hybridized carbons (Fsp3) is 0.0500. The molecule has 6 nitrogen and oxygen atoms in total. The summed E-state index contributed by atoms with van der Waals surface area (Å²) in [6, 6.07) is 16.8. The van der Waals surface area contributed by atoms with Crippen molar-refractivity contribution in [2.45, 2.75) is 0 Å². The molecule has 1 amide bonds. The molecule has 1 aromatic heterocycles. The summed E-state index contributed by atoms with van der Waals surface area (Å²) in [5.74, 6) is 0.0840. The minimum atomic E-state index is -0.451. The number of nitrogens with zero attached hydrogens (tertiary/aromatic N) is 1. The van der Waals surface area contributed by atoms with Gasteiger partial charge in [-0.25, -0.2) is 10.2 Å². The molecule has 0 aliphatic carbocycles. The predicted octanol–water partition coefficient (Wildman–Crippen LogP) is 4.15. The monoisotopic (exact) mass is 382 g/mol. The van der Waals surface area contributed by atoms with E-state index in [-0.39, 0.29) is 5.91 Å². The van der Waals surface area contributed by atoms with Crippen LogP contribution in [0, 0.1) is 0 Å². The van der Waals surface area contributed by atoms with E-state index in [1.165, 1.54) is 13.3 Å². The fourth-order valence-corrected chi connectivity index (χ4v) is 2.50. The van der Waals surface area contributed by atoms with Crippen molar-refractivity contribution in [2.24, 2.45) is 5.10 Å². The molecule has 7 heteroatoms. The topological polar surface area (TPSA) is 80.9 Å². The van der Waals surface area contributed by atoms with Crippen molar-refractivity contribution in [1.82, 2.24) is 5.43 Å². The molecule has 0 aliphatic rings. The lowest BCUT2D eigenvalue weighted by Crippen LogP contribution is -2.17. The molecule has 3 aromatic rings. The summed E-state index contributed by atoms with van der Waals surface area (Å²) >= 11 is 5.79. The number of amides is 1. The van der Waals surface area contributed by atoms with Crippen LogP contribution in [0.25, 0.3) is 11.3 Å². The van der Waals surface area contributed by atoms with Crippen molar-refractivity contribution in [3.63, 3.8) is 0 Å². The van der Waals surface area contributed by atoms with E-state index in [1.54, 1.807) is 60.7 Å². The Morgan fingerprint density at radius 3 is 2.56 bits per heavy atom. The second-order valence-electron chi connectivity index (χ2n) is 5.45. The first-order valence-electron chi connectivity index (χ1n) is 7.95. The van der Waals surface area contributed by atoms with Crippen molar-refractivity contribution in [2.75, 3.05) is 7.11 Å². The van der Waals surface area contributed by atoms with Gasteiger partial charge in [0.2, 0.25) is 0 Å². The van der Waals surface area contributed by atoms with Gasteiger partial charge in [-0.05, 0) is 42.5 Å². The zero-order valence-electron chi connectivity index (χ0n) is 14.3. The number of halogens is 1. The predicted molar refractivity (Wildman–Crippen MR) is 102 cm³/mol. The van der Waals surface area contributed by atoms with E-state index in [0.717, 1.165) is 0 Å². The van der Waals surface area contributed by atoms with Gasteiger partial charge >= 0.3 is 5.97 Å². The van der Waals surface area contributed by atoms with Gasteiger partial charge in [0.15, 0.2) is 0 Å². The third-order valence-corrected chi connectivity index (χ3v) is 3.94. The largest absolute Gasteiger partial charge is 0.465 e. The maximum Gasteiger partial charge on any atom is 0.338 e. The molecule has 2 aromatic carbocycles. The van der Waals surface area contributed by atoms with Gasteiger partial charge in [-0.15, -0.1) is 0 Å². The number of hydrazone groups is 1. The highest BCUT2D eigenvalue weighted by molar-refractivity contribution is 6.30. The van der Waals surface area contributed by atoms with E-state index in [2.05, 4.69) is 10.5 Å². The quantitative estimate of drug-likeness (QED) is 0.408. The molecule has 27 heavy (non-hydrogen) atoms. The van der Waals surface area contributed by atoms with Crippen LogP contribution in [0.5, 0.6) is 0 Å². The Bertz CT molecular complexity index is 993. The second kappa shape index (κ2) is 8.33. The number of nitrogens with one attached hydrogen (secondary N) is 1. The number of esters is 1. The van der Waals surface area contributed by atoms with Crippen molar-refractivity contribution >= 4 is 29.7 Å². The van der Waals surface area contributed by atoms with Crippen LogP contribution in [-0.2, 0) is 4.74 Å². The fourth-order valence-electron chi connectivity index (χ4n) is 2.37. The molecule has 0 radical (unpaired) electrons. The third kappa shape index (κ3) is 4.43. The van der Waals surface area contributed by atoms with Gasteiger partial charge in [-0.2, -0.15) is 5.10 Å². The summed E-state index contributed by atoms with van der Waals surface area (Å²) in [7, 11) is 1.32. The van der Waals surface area contributed by atoms with Crippen LogP contribution in [0.15, 0.2) is 70.2 Å². The van der Waals surface area contributed by atoms with E-state index in [9.17, 15) is 9.59 Å². The number of benzene rings is 2. The lowest BCUT2D eigenvalue weighted by molar-refractivity contribution is 0.0601. The minimum Gasteiger partial charge on any atom is -0.465 e. The van der Waals surface area contributed by atoms with E-state index in [4.69, 9.17) is 20.8 Å². The molecule has 0 fully saturated rings. The van der Waals surface area contributed by atoms with Crippen LogP contribution in [0.3, 0.4) is 0 Å². The zero-order chi connectivity index (χ0) is 19.2. The Kier molecular flexibility index (Phi) is 5.68. The Balaban J connectivity index is 1.71.